The third-order valence-electron chi connectivity index (χ3n) is 5.48. The highest BCUT2D eigenvalue weighted by Crippen LogP contribution is 2.41. The van der Waals surface area contributed by atoms with Crippen molar-refractivity contribution >= 4 is 0 Å². The number of hydrogen-bond acceptors (Lipinski definition) is 2. The molecule has 0 saturated heterocycles. The number of benzene rings is 1. The average Bonchev–Trinajstić information content (AvgIpc) is 2.41. The quantitative estimate of drug-likeness (QED) is 0.876. The fourth-order valence-electron chi connectivity index (χ4n) is 3.54. The summed E-state index contributed by atoms with van der Waals surface area (Å²) in [4.78, 5) is 0. The molecule has 0 amide bonds. The molecular weight excluding hydrogens is 248 g/mol. The van der Waals surface area contributed by atoms with E-state index in [0.29, 0.717) is 18.8 Å². The number of aliphatic hydroxyl groups excluding tert-OH is 1. The van der Waals surface area contributed by atoms with Crippen LogP contribution in [0, 0.1) is 5.92 Å². The van der Waals surface area contributed by atoms with E-state index in [0.717, 1.165) is 24.3 Å². The van der Waals surface area contributed by atoms with Crippen LogP contribution < -0.4 is 0 Å². The Hall–Kier alpha value is -0.860. The summed E-state index contributed by atoms with van der Waals surface area (Å²) in [6.45, 7) is 2.22. The molecule has 2 saturated carbocycles. The van der Waals surface area contributed by atoms with Crippen LogP contribution in [-0.4, -0.2) is 15.8 Å². The van der Waals surface area contributed by atoms with E-state index in [1.54, 1.807) is 0 Å². The van der Waals surface area contributed by atoms with Gasteiger partial charge in [-0.15, -0.1) is 0 Å². The number of aliphatic hydroxyl groups is 2. The first-order valence-electron chi connectivity index (χ1n) is 8.09. The van der Waals surface area contributed by atoms with Crippen LogP contribution in [0.2, 0.25) is 0 Å². The van der Waals surface area contributed by atoms with E-state index in [2.05, 4.69) is 19.1 Å². The molecule has 0 heterocycles. The molecule has 110 valence electrons. The standard InChI is InChI=1S/C18H26O2/c1-13-9-11-18(20,12-10-13)17(19)16-7-5-15(6-8-16)14-3-2-4-14/h5-8,13-14,17,19-20H,2-4,9-12H2,1H3. The van der Waals surface area contributed by atoms with Gasteiger partial charge in [0.05, 0.1) is 5.60 Å². The molecule has 2 N–H and O–H groups in total. The van der Waals surface area contributed by atoms with Crippen LogP contribution in [0.5, 0.6) is 0 Å². The Labute approximate surface area is 121 Å². The number of rotatable bonds is 3. The summed E-state index contributed by atoms with van der Waals surface area (Å²) >= 11 is 0. The van der Waals surface area contributed by atoms with E-state index in [4.69, 9.17) is 0 Å². The summed E-state index contributed by atoms with van der Waals surface area (Å²) in [5.41, 5.74) is 1.33. The zero-order chi connectivity index (χ0) is 14.2. The smallest absolute Gasteiger partial charge is 0.108 e. The maximum Gasteiger partial charge on any atom is 0.108 e. The van der Waals surface area contributed by atoms with E-state index >= 15 is 0 Å². The zero-order valence-electron chi connectivity index (χ0n) is 12.4. The minimum atomic E-state index is -0.926. The molecule has 1 atom stereocenters. The van der Waals surface area contributed by atoms with Crippen LogP contribution >= 0.6 is 0 Å². The largest absolute Gasteiger partial charge is 0.387 e. The van der Waals surface area contributed by atoms with Crippen LogP contribution in [0.25, 0.3) is 0 Å². The zero-order valence-corrected chi connectivity index (χ0v) is 12.4. The highest BCUT2D eigenvalue weighted by atomic mass is 16.3. The molecule has 0 aliphatic heterocycles. The summed E-state index contributed by atoms with van der Waals surface area (Å²) in [7, 11) is 0. The van der Waals surface area contributed by atoms with Crippen molar-refractivity contribution in [1.82, 2.24) is 0 Å². The van der Waals surface area contributed by atoms with E-state index in [1.807, 2.05) is 12.1 Å². The van der Waals surface area contributed by atoms with E-state index in [1.165, 1.54) is 24.8 Å². The molecule has 1 aromatic carbocycles. The maximum absolute atomic E-state index is 10.7. The van der Waals surface area contributed by atoms with Gasteiger partial charge in [0.15, 0.2) is 0 Å². The second-order valence-corrected chi connectivity index (χ2v) is 6.98. The predicted octanol–water partition coefficient (Wildman–Crippen LogP) is 3.93. The van der Waals surface area contributed by atoms with Crippen molar-refractivity contribution in [1.29, 1.82) is 0 Å². The lowest BCUT2D eigenvalue weighted by molar-refractivity contribution is -0.105. The highest BCUT2D eigenvalue weighted by Gasteiger charge is 2.39. The minimum absolute atomic E-state index is 0.670. The van der Waals surface area contributed by atoms with Gasteiger partial charge in [0, 0.05) is 0 Å². The Morgan fingerprint density at radius 3 is 2.15 bits per heavy atom. The molecule has 2 nitrogen and oxygen atoms in total. The topological polar surface area (TPSA) is 40.5 Å². The summed E-state index contributed by atoms with van der Waals surface area (Å²) in [5.74, 6) is 1.39. The predicted molar refractivity (Wildman–Crippen MR) is 80.6 cm³/mol. The Balaban J connectivity index is 1.71. The van der Waals surface area contributed by atoms with Gasteiger partial charge in [-0.2, -0.15) is 0 Å². The molecule has 20 heavy (non-hydrogen) atoms. The molecule has 1 unspecified atom stereocenters. The SMILES string of the molecule is CC1CCC(O)(C(O)c2ccc(C3CCC3)cc2)CC1. The number of hydrogen-bond donors (Lipinski definition) is 2. The normalized spacial score (nSPS) is 32.6. The van der Waals surface area contributed by atoms with Gasteiger partial charge in [-0.3, -0.25) is 0 Å². The van der Waals surface area contributed by atoms with Crippen molar-refractivity contribution in [2.75, 3.05) is 0 Å². The van der Waals surface area contributed by atoms with Gasteiger partial charge in [0.1, 0.15) is 6.10 Å². The van der Waals surface area contributed by atoms with Crippen LogP contribution in [0.15, 0.2) is 24.3 Å². The molecule has 2 heteroatoms. The monoisotopic (exact) mass is 274 g/mol. The van der Waals surface area contributed by atoms with Crippen LogP contribution in [0.1, 0.15) is 75.0 Å². The second kappa shape index (κ2) is 5.50. The Morgan fingerprint density at radius 1 is 1.05 bits per heavy atom. The van der Waals surface area contributed by atoms with Crippen LogP contribution in [0.3, 0.4) is 0 Å². The fourth-order valence-corrected chi connectivity index (χ4v) is 3.54. The van der Waals surface area contributed by atoms with E-state index in [9.17, 15) is 10.2 Å². The van der Waals surface area contributed by atoms with Gasteiger partial charge in [-0.05, 0) is 61.5 Å². The van der Waals surface area contributed by atoms with Crippen molar-refractivity contribution in [3.05, 3.63) is 35.4 Å². The molecule has 0 radical (unpaired) electrons. The Bertz CT molecular complexity index is 439. The van der Waals surface area contributed by atoms with E-state index < -0.39 is 11.7 Å². The lowest BCUT2D eigenvalue weighted by Crippen LogP contribution is -2.39. The van der Waals surface area contributed by atoms with Crippen LogP contribution in [0.4, 0.5) is 0 Å². The summed E-state index contributed by atoms with van der Waals surface area (Å²) in [6.07, 6.45) is 6.62. The molecular formula is C18H26O2. The molecule has 2 aliphatic carbocycles. The van der Waals surface area contributed by atoms with Gasteiger partial charge in [-0.25, -0.2) is 0 Å². The van der Waals surface area contributed by atoms with Gasteiger partial charge in [-0.1, -0.05) is 37.6 Å². The fraction of sp³-hybridized carbons (Fsp3) is 0.667. The first-order valence-corrected chi connectivity index (χ1v) is 8.09. The van der Waals surface area contributed by atoms with Gasteiger partial charge < -0.3 is 10.2 Å². The summed E-state index contributed by atoms with van der Waals surface area (Å²) in [6, 6.07) is 8.29. The van der Waals surface area contributed by atoms with Crippen LogP contribution in [-0.2, 0) is 0 Å². The molecule has 1 aromatic rings. The molecule has 0 spiro atoms. The van der Waals surface area contributed by atoms with Crippen molar-refractivity contribution in [3.63, 3.8) is 0 Å². The molecule has 0 aromatic heterocycles. The summed E-state index contributed by atoms with van der Waals surface area (Å²) < 4.78 is 0. The van der Waals surface area contributed by atoms with Crippen molar-refractivity contribution < 1.29 is 10.2 Å². The molecule has 0 bridgehead atoms. The third-order valence-corrected chi connectivity index (χ3v) is 5.48. The third kappa shape index (κ3) is 2.64. The first-order chi connectivity index (χ1) is 9.58. The van der Waals surface area contributed by atoms with E-state index in [-0.39, 0.29) is 0 Å². The van der Waals surface area contributed by atoms with Crippen molar-refractivity contribution in [3.8, 4) is 0 Å². The van der Waals surface area contributed by atoms with Crippen molar-refractivity contribution in [2.45, 2.75) is 69.5 Å². The highest BCUT2D eigenvalue weighted by molar-refractivity contribution is 5.29. The molecule has 2 aliphatic rings. The first kappa shape index (κ1) is 14.1. The Kier molecular flexibility index (Phi) is 3.87. The van der Waals surface area contributed by atoms with Gasteiger partial charge in [0.2, 0.25) is 0 Å². The lowest BCUT2D eigenvalue weighted by Gasteiger charge is -2.38. The Morgan fingerprint density at radius 2 is 1.65 bits per heavy atom. The molecule has 2 fully saturated rings. The maximum atomic E-state index is 10.7. The summed E-state index contributed by atoms with van der Waals surface area (Å²) in [5, 5.41) is 21.2. The van der Waals surface area contributed by atoms with Crippen molar-refractivity contribution in [2.24, 2.45) is 5.92 Å². The lowest BCUT2D eigenvalue weighted by atomic mass is 9.74. The minimum Gasteiger partial charge on any atom is -0.387 e. The molecule has 3 rings (SSSR count). The second-order valence-electron chi connectivity index (χ2n) is 6.98. The van der Waals surface area contributed by atoms with Gasteiger partial charge in [0.25, 0.3) is 0 Å². The van der Waals surface area contributed by atoms with Gasteiger partial charge >= 0.3 is 0 Å². The average molecular weight is 274 g/mol.